The Morgan fingerprint density at radius 2 is 1.21 bits per heavy atom. The van der Waals surface area contributed by atoms with Crippen LogP contribution in [0.2, 0.25) is 0 Å². The molecule has 8 nitrogen and oxygen atoms in total. The summed E-state index contributed by atoms with van der Waals surface area (Å²) >= 11 is 0. The van der Waals surface area contributed by atoms with E-state index in [-0.39, 0.29) is 23.1 Å². The second-order valence-corrected chi connectivity index (χ2v) is 6.54. The minimum atomic E-state index is -4.67. The van der Waals surface area contributed by atoms with Gasteiger partial charge in [-0.3, -0.25) is 0 Å². The summed E-state index contributed by atoms with van der Waals surface area (Å²) in [6.07, 6.45) is -0.881. The third kappa shape index (κ3) is 10.2. The summed E-state index contributed by atoms with van der Waals surface area (Å²) < 4.78 is 31.4. The number of phosphoric acid groups is 1. The first kappa shape index (κ1) is 25.5. The van der Waals surface area contributed by atoms with Crippen LogP contribution in [0.4, 0.5) is 0 Å². The molecule has 0 amide bonds. The van der Waals surface area contributed by atoms with Crippen LogP contribution in [0.1, 0.15) is 27.7 Å². The summed E-state index contributed by atoms with van der Waals surface area (Å²) in [4.78, 5) is 32.2. The lowest BCUT2D eigenvalue weighted by molar-refractivity contribution is -0.176. The molecule has 2 atom stereocenters. The van der Waals surface area contributed by atoms with E-state index in [1.54, 1.807) is 27.7 Å². The van der Waals surface area contributed by atoms with Crippen molar-refractivity contribution in [2.45, 2.75) is 40.3 Å². The lowest BCUT2D eigenvalue weighted by atomic mass is 10.2. The first-order valence-corrected chi connectivity index (χ1v) is 8.37. The fourth-order valence-electron chi connectivity index (χ4n) is 1.17. The summed E-state index contributed by atoms with van der Waals surface area (Å²) in [6, 6.07) is 0. The average Bonchev–Trinajstić information content (AvgIpc) is 2.44. The first-order chi connectivity index (χ1) is 10.5. The molecular weight excluding hydrogens is 351 g/mol. The first-order valence-electron chi connectivity index (χ1n) is 6.88. The highest BCUT2D eigenvalue weighted by atomic mass is 31.2. The van der Waals surface area contributed by atoms with E-state index in [9.17, 15) is 19.0 Å². The largest absolute Gasteiger partial charge is 0.478 e. The van der Waals surface area contributed by atoms with Crippen LogP contribution in [-0.2, 0) is 32.7 Å². The lowest BCUT2D eigenvalue weighted by Gasteiger charge is -2.26. The Balaban J connectivity index is 0. The van der Waals surface area contributed by atoms with Gasteiger partial charge >= 0.3 is 42.8 Å². The van der Waals surface area contributed by atoms with Gasteiger partial charge < -0.3 is 14.4 Å². The average molecular weight is 377 g/mol. The number of hydrogen-bond acceptors (Lipinski definition) is 7. The second-order valence-electron chi connectivity index (χ2n) is 5.19. The van der Waals surface area contributed by atoms with Crippen molar-refractivity contribution in [1.29, 1.82) is 0 Å². The number of carbonyl (C=O) groups is 2. The Kier molecular flexibility index (Phi) is 12.5. The highest BCUT2D eigenvalue weighted by Gasteiger charge is 2.35. The highest BCUT2D eigenvalue weighted by Crippen LogP contribution is 2.48. The van der Waals surface area contributed by atoms with Crippen LogP contribution in [0, 0.1) is 11.8 Å². The Morgan fingerprint density at radius 3 is 1.42 bits per heavy atom. The number of hydrogen-bond donors (Lipinski definition) is 1. The molecule has 136 valence electrons. The van der Waals surface area contributed by atoms with Crippen LogP contribution >= 0.6 is 7.82 Å². The summed E-state index contributed by atoms with van der Waals surface area (Å²) in [6.45, 7) is 12.9. The number of phosphoric ester groups is 1. The minimum Gasteiger partial charge on any atom is -0.432 e. The molecule has 0 aromatic carbocycles. The Morgan fingerprint density at radius 1 is 0.917 bits per heavy atom. The van der Waals surface area contributed by atoms with E-state index in [4.69, 9.17) is 18.5 Å². The van der Waals surface area contributed by atoms with Crippen molar-refractivity contribution in [2.24, 2.45) is 11.8 Å². The van der Waals surface area contributed by atoms with E-state index < -0.39 is 44.2 Å². The summed E-state index contributed by atoms with van der Waals surface area (Å²) in [5, 5.41) is 0. The summed E-state index contributed by atoms with van der Waals surface area (Å²) in [5.41, 5.74) is 0. The van der Waals surface area contributed by atoms with Gasteiger partial charge in [0.15, 0.2) is 0 Å². The van der Waals surface area contributed by atoms with Gasteiger partial charge in [0.05, 0.1) is 0 Å². The van der Waals surface area contributed by atoms with E-state index in [0.29, 0.717) is 0 Å². The lowest BCUT2D eigenvalue weighted by Crippen LogP contribution is -2.29. The molecule has 0 aromatic rings. The maximum Gasteiger partial charge on any atom is 0.478 e. The molecule has 2 unspecified atom stereocenters. The minimum absolute atomic E-state index is 0. The third-order valence-electron chi connectivity index (χ3n) is 2.36. The summed E-state index contributed by atoms with van der Waals surface area (Å²) in [7, 11) is -4.67. The SMILES string of the molecule is C=CC(=O)OC(OP(=O)(O)OC(OC(=O)C=C)C(C)C)C(C)C.[MgH2]. The molecule has 0 aliphatic heterocycles. The number of esters is 2. The van der Waals surface area contributed by atoms with Gasteiger partial charge in [-0.25, -0.2) is 23.2 Å². The molecule has 0 aliphatic rings. The van der Waals surface area contributed by atoms with Crippen molar-refractivity contribution in [1.82, 2.24) is 0 Å². The molecule has 1 N–H and O–H groups in total. The van der Waals surface area contributed by atoms with Crippen LogP contribution in [0.3, 0.4) is 0 Å². The van der Waals surface area contributed by atoms with Crippen LogP contribution in [0.5, 0.6) is 0 Å². The highest BCUT2D eigenvalue weighted by molar-refractivity contribution is 7.47. The molecule has 0 bridgehead atoms. The van der Waals surface area contributed by atoms with Crippen molar-refractivity contribution >= 4 is 42.8 Å². The van der Waals surface area contributed by atoms with E-state index in [0.717, 1.165) is 12.2 Å². The van der Waals surface area contributed by atoms with Gasteiger partial charge in [-0.2, -0.15) is 0 Å². The van der Waals surface area contributed by atoms with Crippen LogP contribution in [0.25, 0.3) is 0 Å². The Hall–Kier alpha value is -0.704. The summed E-state index contributed by atoms with van der Waals surface area (Å²) in [5.74, 6) is -2.50. The molecule has 0 spiro atoms. The topological polar surface area (TPSA) is 108 Å². The molecule has 0 aromatic heterocycles. The zero-order chi connectivity index (χ0) is 18.2. The quantitative estimate of drug-likeness (QED) is 0.201. The molecule has 10 heteroatoms. The molecule has 0 saturated carbocycles. The number of rotatable bonds is 10. The molecule has 0 aliphatic carbocycles. The number of ether oxygens (including phenoxy) is 2. The van der Waals surface area contributed by atoms with Crippen LogP contribution < -0.4 is 0 Å². The van der Waals surface area contributed by atoms with Crippen molar-refractivity contribution in [2.75, 3.05) is 0 Å². The molecule has 0 saturated heterocycles. The predicted octanol–water partition coefficient (Wildman–Crippen LogP) is 1.63. The van der Waals surface area contributed by atoms with E-state index in [1.165, 1.54) is 0 Å². The van der Waals surface area contributed by atoms with Crippen molar-refractivity contribution in [3.05, 3.63) is 25.3 Å². The molecule has 0 rings (SSSR count). The van der Waals surface area contributed by atoms with Gasteiger partial charge in [0.25, 0.3) is 0 Å². The smallest absolute Gasteiger partial charge is 0.432 e. The maximum atomic E-state index is 12.1. The zero-order valence-corrected chi connectivity index (χ0v) is 14.5. The molecule has 0 radical (unpaired) electrons. The van der Waals surface area contributed by atoms with E-state index in [1.807, 2.05) is 0 Å². The van der Waals surface area contributed by atoms with Gasteiger partial charge in [0.2, 0.25) is 12.6 Å². The van der Waals surface area contributed by atoms with Crippen molar-refractivity contribution in [3.8, 4) is 0 Å². The van der Waals surface area contributed by atoms with Crippen LogP contribution in [-0.4, -0.2) is 52.5 Å². The molecule has 24 heavy (non-hydrogen) atoms. The molecular formula is C14H25MgO8P. The van der Waals surface area contributed by atoms with Gasteiger partial charge in [0, 0.05) is 24.0 Å². The second kappa shape index (κ2) is 11.8. The van der Waals surface area contributed by atoms with Gasteiger partial charge in [-0.15, -0.1) is 0 Å². The van der Waals surface area contributed by atoms with Gasteiger partial charge in [0.1, 0.15) is 0 Å². The van der Waals surface area contributed by atoms with Crippen molar-refractivity contribution in [3.63, 3.8) is 0 Å². The number of carbonyl (C=O) groups excluding carboxylic acids is 2. The van der Waals surface area contributed by atoms with Crippen molar-refractivity contribution < 1.29 is 37.6 Å². The third-order valence-corrected chi connectivity index (χ3v) is 3.31. The molecule has 0 heterocycles. The Labute approximate surface area is 157 Å². The monoisotopic (exact) mass is 376 g/mol. The zero-order valence-electron chi connectivity index (χ0n) is 13.6. The van der Waals surface area contributed by atoms with Gasteiger partial charge in [-0.05, 0) is 0 Å². The standard InChI is InChI=1S/C14H23O8P.Mg.2H/c1-7-11(15)19-13(9(3)4)21-23(17,18)22-14(10(5)6)20-12(16)8-2;;;/h7-10,13-14H,1-2H2,3-6H3,(H,17,18);;;. The fourth-order valence-corrected chi connectivity index (χ4v) is 2.32. The predicted molar refractivity (Wildman–Crippen MR) is 90.4 cm³/mol. The van der Waals surface area contributed by atoms with Gasteiger partial charge in [-0.1, -0.05) is 40.9 Å². The van der Waals surface area contributed by atoms with E-state index >= 15 is 0 Å². The normalized spacial score (nSPS) is 15.6. The molecule has 0 fully saturated rings. The Bertz CT molecular complexity index is 451. The van der Waals surface area contributed by atoms with Crippen LogP contribution in [0.15, 0.2) is 25.3 Å². The fraction of sp³-hybridized carbons (Fsp3) is 0.571. The van der Waals surface area contributed by atoms with E-state index in [2.05, 4.69) is 13.2 Å². The maximum absolute atomic E-state index is 12.1.